The number of carbonyl (C=O) groups is 1. The van der Waals surface area contributed by atoms with Gasteiger partial charge in [-0.05, 0) is 42.5 Å². The summed E-state index contributed by atoms with van der Waals surface area (Å²) in [6, 6.07) is 11.7. The fraction of sp³-hybridized carbons (Fsp3) is 0. The lowest BCUT2D eigenvalue weighted by Gasteiger charge is -2.08. The van der Waals surface area contributed by atoms with E-state index in [1.165, 1.54) is 6.20 Å². The van der Waals surface area contributed by atoms with Crippen molar-refractivity contribution < 1.29 is 4.79 Å². The molecule has 3 aromatic rings. The van der Waals surface area contributed by atoms with Crippen LogP contribution in [0.2, 0.25) is 10.0 Å². The van der Waals surface area contributed by atoms with Gasteiger partial charge in [-0.1, -0.05) is 23.2 Å². The minimum absolute atomic E-state index is 0.309. The predicted octanol–water partition coefficient (Wildman–Crippen LogP) is 4.17. The highest BCUT2D eigenvalue weighted by atomic mass is 35.5. The average Bonchev–Trinajstić information content (AvgIpc) is 2.60. The zero-order valence-electron chi connectivity index (χ0n) is 12.2. The van der Waals surface area contributed by atoms with E-state index < -0.39 is 0 Å². The first-order valence-electron chi connectivity index (χ1n) is 6.89. The molecule has 1 aromatic carbocycles. The Bertz CT molecular complexity index is 856. The van der Waals surface area contributed by atoms with Gasteiger partial charge >= 0.3 is 0 Å². The van der Waals surface area contributed by atoms with E-state index in [0.29, 0.717) is 32.9 Å². The van der Waals surface area contributed by atoms with Gasteiger partial charge in [-0.3, -0.25) is 9.78 Å². The molecule has 0 saturated heterocycles. The molecule has 0 saturated carbocycles. The number of halogens is 2. The van der Waals surface area contributed by atoms with Gasteiger partial charge in [0.15, 0.2) is 11.6 Å². The van der Waals surface area contributed by atoms with Gasteiger partial charge < -0.3 is 10.6 Å². The van der Waals surface area contributed by atoms with Gasteiger partial charge in [0.2, 0.25) is 0 Å². The summed E-state index contributed by atoms with van der Waals surface area (Å²) in [6.07, 6.45) is 3.07. The monoisotopic (exact) mass is 359 g/mol. The number of benzene rings is 1. The number of rotatable bonds is 4. The summed E-state index contributed by atoms with van der Waals surface area (Å²) < 4.78 is 0. The Labute approximate surface area is 147 Å². The lowest BCUT2D eigenvalue weighted by Crippen LogP contribution is -2.13. The molecule has 2 aromatic heterocycles. The Hall–Kier alpha value is -2.70. The zero-order chi connectivity index (χ0) is 16.9. The number of amides is 1. The number of anilines is 3. The molecule has 0 aliphatic rings. The second-order valence-corrected chi connectivity index (χ2v) is 5.59. The van der Waals surface area contributed by atoms with E-state index in [4.69, 9.17) is 23.2 Å². The van der Waals surface area contributed by atoms with E-state index in [2.05, 4.69) is 25.8 Å². The number of hydrogen-bond donors (Lipinski definition) is 2. The van der Waals surface area contributed by atoms with Crippen molar-refractivity contribution in [3.05, 3.63) is 70.5 Å². The molecule has 2 N–H and O–H groups in total. The first-order valence-corrected chi connectivity index (χ1v) is 7.64. The number of carbonyl (C=O) groups excluding carboxylic acids is 1. The van der Waals surface area contributed by atoms with E-state index in [9.17, 15) is 4.79 Å². The van der Waals surface area contributed by atoms with Crippen LogP contribution < -0.4 is 10.6 Å². The Morgan fingerprint density at radius 1 is 1.00 bits per heavy atom. The van der Waals surface area contributed by atoms with Gasteiger partial charge in [0.1, 0.15) is 0 Å². The van der Waals surface area contributed by atoms with Crippen molar-refractivity contribution in [3.63, 3.8) is 0 Å². The fourth-order valence-electron chi connectivity index (χ4n) is 1.88. The molecule has 2 heterocycles. The SMILES string of the molecule is O=C(Nc1ccc(Nc2cc(Cl)ccc2Cl)nn1)c1cccnc1. The number of nitrogens with one attached hydrogen (secondary N) is 2. The first kappa shape index (κ1) is 16.2. The molecule has 0 aliphatic carbocycles. The minimum Gasteiger partial charge on any atom is -0.337 e. The summed E-state index contributed by atoms with van der Waals surface area (Å²) >= 11 is 12.0. The Kier molecular flexibility index (Phi) is 4.88. The van der Waals surface area contributed by atoms with Crippen LogP contribution in [0.15, 0.2) is 54.9 Å². The van der Waals surface area contributed by atoms with Crippen molar-refractivity contribution in [2.24, 2.45) is 0 Å². The molecule has 6 nitrogen and oxygen atoms in total. The normalized spacial score (nSPS) is 10.2. The van der Waals surface area contributed by atoms with Gasteiger partial charge in [-0.15, -0.1) is 10.2 Å². The summed E-state index contributed by atoms with van der Waals surface area (Å²) in [5.74, 6) is 0.487. The van der Waals surface area contributed by atoms with Crippen LogP contribution in [0.1, 0.15) is 10.4 Å². The maximum absolute atomic E-state index is 12.0. The summed E-state index contributed by atoms with van der Waals surface area (Å²) in [5, 5.41) is 14.7. The maximum atomic E-state index is 12.0. The van der Waals surface area contributed by atoms with Crippen LogP contribution in [0, 0.1) is 0 Å². The number of nitrogens with zero attached hydrogens (tertiary/aromatic N) is 3. The number of aromatic nitrogens is 3. The standard InChI is InChI=1S/C16H11Cl2N5O/c17-11-3-4-12(18)13(8-11)20-14-5-6-15(23-22-14)21-16(24)10-2-1-7-19-9-10/h1-9H,(H,20,22)(H,21,23,24). The molecule has 0 radical (unpaired) electrons. The van der Waals surface area contributed by atoms with E-state index in [-0.39, 0.29) is 5.91 Å². The molecule has 120 valence electrons. The van der Waals surface area contributed by atoms with Crippen LogP contribution in [-0.4, -0.2) is 21.1 Å². The van der Waals surface area contributed by atoms with Crippen molar-refractivity contribution >= 4 is 46.4 Å². The smallest absolute Gasteiger partial charge is 0.258 e. The molecule has 0 spiro atoms. The second-order valence-electron chi connectivity index (χ2n) is 4.75. The molecule has 0 atom stereocenters. The van der Waals surface area contributed by atoms with Crippen molar-refractivity contribution in [1.29, 1.82) is 0 Å². The molecule has 8 heteroatoms. The van der Waals surface area contributed by atoms with E-state index >= 15 is 0 Å². The summed E-state index contributed by atoms with van der Waals surface area (Å²) in [4.78, 5) is 15.9. The summed E-state index contributed by atoms with van der Waals surface area (Å²) in [6.45, 7) is 0. The second kappa shape index (κ2) is 7.25. The van der Waals surface area contributed by atoms with Gasteiger partial charge in [-0.25, -0.2) is 0 Å². The zero-order valence-corrected chi connectivity index (χ0v) is 13.7. The van der Waals surface area contributed by atoms with Crippen LogP contribution in [0.3, 0.4) is 0 Å². The van der Waals surface area contributed by atoms with E-state index in [1.807, 2.05) is 0 Å². The molecule has 0 bridgehead atoms. The topological polar surface area (TPSA) is 79.8 Å². The van der Waals surface area contributed by atoms with E-state index in [1.54, 1.807) is 48.7 Å². The van der Waals surface area contributed by atoms with Gasteiger partial charge in [0.25, 0.3) is 5.91 Å². The van der Waals surface area contributed by atoms with Gasteiger partial charge in [-0.2, -0.15) is 0 Å². The van der Waals surface area contributed by atoms with Crippen molar-refractivity contribution in [2.75, 3.05) is 10.6 Å². The minimum atomic E-state index is -0.309. The third-order valence-corrected chi connectivity index (χ3v) is 3.59. The average molecular weight is 360 g/mol. The van der Waals surface area contributed by atoms with Crippen molar-refractivity contribution in [1.82, 2.24) is 15.2 Å². The lowest BCUT2D eigenvalue weighted by atomic mass is 10.3. The highest BCUT2D eigenvalue weighted by molar-refractivity contribution is 6.35. The first-order chi connectivity index (χ1) is 11.6. The largest absolute Gasteiger partial charge is 0.337 e. The van der Waals surface area contributed by atoms with E-state index in [0.717, 1.165) is 0 Å². The third kappa shape index (κ3) is 3.98. The Balaban J connectivity index is 1.69. The molecular formula is C16H11Cl2N5O. The Morgan fingerprint density at radius 3 is 2.50 bits per heavy atom. The van der Waals surface area contributed by atoms with Gasteiger partial charge in [0.05, 0.1) is 16.3 Å². The molecule has 0 unspecified atom stereocenters. The quantitative estimate of drug-likeness (QED) is 0.730. The predicted molar refractivity (Wildman–Crippen MR) is 94.0 cm³/mol. The molecular weight excluding hydrogens is 349 g/mol. The molecule has 3 rings (SSSR count). The van der Waals surface area contributed by atoms with Gasteiger partial charge in [0, 0.05) is 17.4 Å². The van der Waals surface area contributed by atoms with Crippen LogP contribution in [0.25, 0.3) is 0 Å². The van der Waals surface area contributed by atoms with Crippen LogP contribution in [0.4, 0.5) is 17.3 Å². The highest BCUT2D eigenvalue weighted by Gasteiger charge is 2.08. The maximum Gasteiger partial charge on any atom is 0.258 e. The summed E-state index contributed by atoms with van der Waals surface area (Å²) in [7, 11) is 0. The molecule has 0 aliphatic heterocycles. The molecule has 24 heavy (non-hydrogen) atoms. The van der Waals surface area contributed by atoms with Crippen LogP contribution in [-0.2, 0) is 0 Å². The van der Waals surface area contributed by atoms with Crippen LogP contribution in [0.5, 0.6) is 0 Å². The van der Waals surface area contributed by atoms with Crippen molar-refractivity contribution in [3.8, 4) is 0 Å². The molecule has 1 amide bonds. The third-order valence-electron chi connectivity index (χ3n) is 3.02. The lowest BCUT2D eigenvalue weighted by molar-refractivity contribution is 0.102. The highest BCUT2D eigenvalue weighted by Crippen LogP contribution is 2.27. The fourth-order valence-corrected chi connectivity index (χ4v) is 2.22. The summed E-state index contributed by atoms with van der Waals surface area (Å²) in [5.41, 5.74) is 1.05. The van der Waals surface area contributed by atoms with Crippen LogP contribution >= 0.6 is 23.2 Å². The number of hydrogen-bond acceptors (Lipinski definition) is 5. The molecule has 0 fully saturated rings. The van der Waals surface area contributed by atoms with Crippen molar-refractivity contribution in [2.45, 2.75) is 0 Å². The Morgan fingerprint density at radius 2 is 1.79 bits per heavy atom. The number of pyridine rings is 1.